The number of hydrogen-bond donors (Lipinski definition) is 3. The monoisotopic (exact) mass is 283 g/mol. The van der Waals surface area contributed by atoms with Gasteiger partial charge in [-0.2, -0.15) is 0 Å². The minimum Gasteiger partial charge on any atom is -0.397 e. The van der Waals surface area contributed by atoms with Crippen LogP contribution in [-0.4, -0.2) is 14.5 Å². The van der Waals surface area contributed by atoms with Crippen LogP contribution in [0.4, 0.5) is 11.4 Å². The summed E-state index contributed by atoms with van der Waals surface area (Å²) in [5, 5.41) is 8.46. The summed E-state index contributed by atoms with van der Waals surface area (Å²) in [4.78, 5) is 0.0847. The zero-order valence-corrected chi connectivity index (χ0v) is 12.1. The fraction of sp³-hybridized carbons (Fsp3) is 0.538. The Morgan fingerprint density at radius 3 is 2.58 bits per heavy atom. The van der Waals surface area contributed by atoms with Crippen molar-refractivity contribution in [3.8, 4) is 0 Å². The Morgan fingerprint density at radius 2 is 2.05 bits per heavy atom. The summed E-state index contributed by atoms with van der Waals surface area (Å²) in [5.41, 5.74) is 7.39. The van der Waals surface area contributed by atoms with Gasteiger partial charge in [0.1, 0.15) is 0 Å². The average molecular weight is 283 g/mol. The van der Waals surface area contributed by atoms with Crippen molar-refractivity contribution < 1.29 is 8.42 Å². The van der Waals surface area contributed by atoms with Gasteiger partial charge in [0.05, 0.1) is 16.3 Å². The molecule has 19 heavy (non-hydrogen) atoms. The molecule has 1 unspecified atom stereocenters. The topological polar surface area (TPSA) is 98.2 Å². The molecular formula is C13H21N3O2S. The lowest BCUT2D eigenvalue weighted by molar-refractivity contribution is 0.378. The highest BCUT2D eigenvalue weighted by molar-refractivity contribution is 7.89. The molecule has 0 aromatic heterocycles. The predicted octanol–water partition coefficient (Wildman–Crippen LogP) is 1.91. The number of nitrogen functional groups attached to an aromatic ring is 1. The second-order valence-corrected chi connectivity index (χ2v) is 7.60. The summed E-state index contributed by atoms with van der Waals surface area (Å²) in [7, 11) is -3.69. The standard InChI is InChI=1S/C13H21N3O2S/c1-13(2)6-5-9(8-13)16-12-7-10(19(15,17)18)3-4-11(12)14/h3-4,7,9,16H,5-6,8,14H2,1-2H3,(H2,15,17,18). The minimum absolute atomic E-state index is 0.0847. The van der Waals surface area contributed by atoms with Crippen molar-refractivity contribution in [1.82, 2.24) is 0 Å². The number of anilines is 2. The van der Waals surface area contributed by atoms with E-state index in [9.17, 15) is 8.42 Å². The van der Waals surface area contributed by atoms with Gasteiger partial charge in [-0.05, 0) is 42.9 Å². The molecule has 1 aromatic rings. The van der Waals surface area contributed by atoms with Crippen molar-refractivity contribution in [2.45, 2.75) is 44.0 Å². The first-order chi connectivity index (χ1) is 8.67. The van der Waals surface area contributed by atoms with Gasteiger partial charge in [-0.3, -0.25) is 0 Å². The van der Waals surface area contributed by atoms with E-state index in [4.69, 9.17) is 10.9 Å². The molecule has 2 rings (SSSR count). The van der Waals surface area contributed by atoms with E-state index < -0.39 is 10.0 Å². The lowest BCUT2D eigenvalue weighted by atomic mass is 9.92. The Labute approximate surface area is 114 Å². The molecule has 1 saturated carbocycles. The van der Waals surface area contributed by atoms with Gasteiger partial charge >= 0.3 is 0 Å². The lowest BCUT2D eigenvalue weighted by Crippen LogP contribution is -2.19. The minimum atomic E-state index is -3.69. The highest BCUT2D eigenvalue weighted by Crippen LogP contribution is 2.39. The number of sulfonamides is 1. The molecule has 1 aliphatic rings. The van der Waals surface area contributed by atoms with E-state index in [0.717, 1.165) is 19.3 Å². The SMILES string of the molecule is CC1(C)CCC(Nc2cc(S(N)(=O)=O)ccc2N)C1. The van der Waals surface area contributed by atoms with Crippen LogP contribution in [0.15, 0.2) is 23.1 Å². The van der Waals surface area contributed by atoms with Crippen LogP contribution in [0.1, 0.15) is 33.1 Å². The van der Waals surface area contributed by atoms with Crippen LogP contribution in [0.25, 0.3) is 0 Å². The van der Waals surface area contributed by atoms with Gasteiger partial charge in [-0.1, -0.05) is 13.8 Å². The number of hydrogen-bond acceptors (Lipinski definition) is 4. The second kappa shape index (κ2) is 4.68. The summed E-state index contributed by atoms with van der Waals surface area (Å²) in [5.74, 6) is 0. The molecule has 6 heteroatoms. The van der Waals surface area contributed by atoms with E-state index in [1.807, 2.05) is 0 Å². The number of primary sulfonamides is 1. The maximum absolute atomic E-state index is 11.3. The highest BCUT2D eigenvalue weighted by Gasteiger charge is 2.31. The van der Waals surface area contributed by atoms with E-state index >= 15 is 0 Å². The zero-order valence-electron chi connectivity index (χ0n) is 11.3. The van der Waals surface area contributed by atoms with Gasteiger partial charge in [0.2, 0.25) is 10.0 Å². The van der Waals surface area contributed by atoms with E-state index in [2.05, 4.69) is 19.2 Å². The molecule has 1 aromatic carbocycles. The molecule has 0 radical (unpaired) electrons. The second-order valence-electron chi connectivity index (χ2n) is 6.04. The van der Waals surface area contributed by atoms with E-state index in [-0.39, 0.29) is 4.90 Å². The van der Waals surface area contributed by atoms with Crippen molar-refractivity contribution in [3.05, 3.63) is 18.2 Å². The molecule has 106 valence electrons. The maximum Gasteiger partial charge on any atom is 0.238 e. The number of nitrogens with one attached hydrogen (secondary N) is 1. The predicted molar refractivity (Wildman–Crippen MR) is 77.3 cm³/mol. The summed E-state index contributed by atoms with van der Waals surface area (Å²) in [6, 6.07) is 4.83. The normalized spacial score (nSPS) is 22.4. The molecule has 5 nitrogen and oxygen atoms in total. The molecule has 0 spiro atoms. The van der Waals surface area contributed by atoms with Crippen molar-refractivity contribution in [3.63, 3.8) is 0 Å². The fourth-order valence-electron chi connectivity index (χ4n) is 2.62. The Balaban J connectivity index is 2.21. The van der Waals surface area contributed by atoms with Gasteiger partial charge in [-0.25, -0.2) is 13.6 Å². The van der Waals surface area contributed by atoms with Crippen LogP contribution in [-0.2, 0) is 10.0 Å². The molecule has 0 heterocycles. The van der Waals surface area contributed by atoms with Crippen LogP contribution < -0.4 is 16.2 Å². The average Bonchev–Trinajstić information content (AvgIpc) is 2.60. The lowest BCUT2D eigenvalue weighted by Gasteiger charge is -2.19. The third-order valence-corrected chi connectivity index (χ3v) is 4.59. The molecular weight excluding hydrogens is 262 g/mol. The number of nitrogens with two attached hydrogens (primary N) is 2. The van der Waals surface area contributed by atoms with Gasteiger partial charge in [0.25, 0.3) is 0 Å². The molecule has 0 bridgehead atoms. The molecule has 0 saturated heterocycles. The molecule has 0 aliphatic heterocycles. The Morgan fingerprint density at radius 1 is 1.37 bits per heavy atom. The first kappa shape index (κ1) is 14.1. The summed E-state index contributed by atoms with van der Waals surface area (Å²) in [6.07, 6.45) is 3.26. The largest absolute Gasteiger partial charge is 0.397 e. The molecule has 1 atom stereocenters. The van der Waals surface area contributed by atoms with Crippen LogP contribution >= 0.6 is 0 Å². The van der Waals surface area contributed by atoms with Crippen LogP contribution in [0.2, 0.25) is 0 Å². The number of benzene rings is 1. The summed E-state index contributed by atoms with van der Waals surface area (Å²) < 4.78 is 22.7. The maximum atomic E-state index is 11.3. The quantitative estimate of drug-likeness (QED) is 0.738. The first-order valence-electron chi connectivity index (χ1n) is 6.36. The fourth-order valence-corrected chi connectivity index (χ4v) is 3.16. The smallest absolute Gasteiger partial charge is 0.238 e. The zero-order chi connectivity index (χ0) is 14.3. The van der Waals surface area contributed by atoms with Crippen molar-refractivity contribution in [2.75, 3.05) is 11.1 Å². The van der Waals surface area contributed by atoms with Crippen LogP contribution in [0, 0.1) is 5.41 Å². The van der Waals surface area contributed by atoms with Gasteiger partial charge < -0.3 is 11.1 Å². The highest BCUT2D eigenvalue weighted by atomic mass is 32.2. The van der Waals surface area contributed by atoms with Crippen molar-refractivity contribution >= 4 is 21.4 Å². The van der Waals surface area contributed by atoms with Crippen LogP contribution in [0.3, 0.4) is 0 Å². The van der Waals surface area contributed by atoms with Gasteiger partial charge in [0, 0.05) is 6.04 Å². The van der Waals surface area contributed by atoms with Crippen molar-refractivity contribution in [2.24, 2.45) is 10.6 Å². The van der Waals surface area contributed by atoms with Gasteiger partial charge in [-0.15, -0.1) is 0 Å². The molecule has 1 aliphatic carbocycles. The Hall–Kier alpha value is -1.27. The van der Waals surface area contributed by atoms with E-state index in [1.54, 1.807) is 6.07 Å². The van der Waals surface area contributed by atoms with Crippen LogP contribution in [0.5, 0.6) is 0 Å². The summed E-state index contributed by atoms with van der Waals surface area (Å²) >= 11 is 0. The Kier molecular flexibility index (Phi) is 3.49. The van der Waals surface area contributed by atoms with Crippen molar-refractivity contribution in [1.29, 1.82) is 0 Å². The Bertz CT molecular complexity index is 582. The van der Waals surface area contributed by atoms with E-state index in [0.29, 0.717) is 22.8 Å². The molecule has 5 N–H and O–H groups in total. The van der Waals surface area contributed by atoms with E-state index in [1.165, 1.54) is 12.1 Å². The summed E-state index contributed by atoms with van der Waals surface area (Å²) in [6.45, 7) is 4.47. The number of rotatable bonds is 3. The first-order valence-corrected chi connectivity index (χ1v) is 7.91. The third-order valence-electron chi connectivity index (χ3n) is 3.68. The molecule has 0 amide bonds. The third kappa shape index (κ3) is 3.39. The van der Waals surface area contributed by atoms with Gasteiger partial charge in [0.15, 0.2) is 0 Å². The molecule has 1 fully saturated rings.